The fraction of sp³-hybridized carbons (Fsp3) is 0.481. The van der Waals surface area contributed by atoms with E-state index in [1.165, 1.54) is 0 Å². The molecule has 2 amide bonds. The summed E-state index contributed by atoms with van der Waals surface area (Å²) < 4.78 is 5.42. The molecule has 2 heterocycles. The standard InChI is InChI=1S/C27H35N3O3/c1-19-8-7-9-20(2)25(19)26(31)28-15-12-21(3)29-16-13-23(14-17-29)30-24(18-33-27(30)32)22-10-5-4-6-11-22/h4-11,21,23-24H,12-18H2,1-3H3,(H,28,31)/t21?,24-/m0/s1. The molecule has 33 heavy (non-hydrogen) atoms. The molecule has 0 aromatic heterocycles. The van der Waals surface area contributed by atoms with Crippen LogP contribution in [0.1, 0.15) is 59.3 Å². The minimum absolute atomic E-state index is 0.00721. The summed E-state index contributed by atoms with van der Waals surface area (Å²) in [5.41, 5.74) is 3.95. The molecular weight excluding hydrogens is 414 g/mol. The molecule has 0 aliphatic carbocycles. The van der Waals surface area contributed by atoms with Crippen molar-refractivity contribution in [1.82, 2.24) is 15.1 Å². The summed E-state index contributed by atoms with van der Waals surface area (Å²) in [7, 11) is 0. The van der Waals surface area contributed by atoms with Crippen LogP contribution >= 0.6 is 0 Å². The Bertz CT molecular complexity index is 950. The predicted octanol–water partition coefficient (Wildman–Crippen LogP) is 4.47. The van der Waals surface area contributed by atoms with Crippen LogP contribution in [0.2, 0.25) is 0 Å². The molecule has 2 aliphatic rings. The molecule has 6 nitrogen and oxygen atoms in total. The molecule has 2 aromatic carbocycles. The SMILES string of the molecule is Cc1cccc(C)c1C(=O)NCCC(C)N1CCC(N2C(=O)OC[C@H]2c2ccccc2)CC1. The van der Waals surface area contributed by atoms with Crippen LogP contribution in [0.15, 0.2) is 48.5 Å². The average Bonchev–Trinajstić information content (AvgIpc) is 3.21. The number of cyclic esters (lactones) is 1. The fourth-order valence-corrected chi connectivity index (χ4v) is 5.21. The van der Waals surface area contributed by atoms with E-state index in [0.717, 1.165) is 54.6 Å². The van der Waals surface area contributed by atoms with Gasteiger partial charge in [-0.15, -0.1) is 0 Å². The lowest BCUT2D eigenvalue weighted by Crippen LogP contribution is -2.48. The van der Waals surface area contributed by atoms with Crippen molar-refractivity contribution in [2.45, 2.75) is 58.2 Å². The molecule has 0 saturated carbocycles. The number of rotatable bonds is 7. The summed E-state index contributed by atoms with van der Waals surface area (Å²) in [6, 6.07) is 16.7. The maximum Gasteiger partial charge on any atom is 0.410 e. The zero-order chi connectivity index (χ0) is 23.4. The second-order valence-corrected chi connectivity index (χ2v) is 9.34. The lowest BCUT2D eigenvalue weighted by Gasteiger charge is -2.40. The van der Waals surface area contributed by atoms with Crippen LogP contribution in [0.25, 0.3) is 0 Å². The summed E-state index contributed by atoms with van der Waals surface area (Å²) in [6.45, 7) is 9.16. The van der Waals surface area contributed by atoms with Crippen LogP contribution in [0.3, 0.4) is 0 Å². The van der Waals surface area contributed by atoms with E-state index in [0.29, 0.717) is 19.2 Å². The summed E-state index contributed by atoms with van der Waals surface area (Å²) in [5.74, 6) is 0.0102. The molecule has 2 aromatic rings. The first-order valence-corrected chi connectivity index (χ1v) is 12.0. The Balaban J connectivity index is 1.26. The molecular formula is C27H35N3O3. The molecule has 4 rings (SSSR count). The summed E-state index contributed by atoms with van der Waals surface area (Å²) >= 11 is 0. The van der Waals surface area contributed by atoms with Gasteiger partial charge in [-0.25, -0.2) is 4.79 Å². The first-order valence-electron chi connectivity index (χ1n) is 12.0. The molecule has 2 aliphatic heterocycles. The number of aryl methyl sites for hydroxylation is 2. The molecule has 2 saturated heterocycles. The van der Waals surface area contributed by atoms with Gasteiger partial charge in [-0.2, -0.15) is 0 Å². The van der Waals surface area contributed by atoms with E-state index in [9.17, 15) is 9.59 Å². The Labute approximate surface area is 196 Å². The highest BCUT2D eigenvalue weighted by Gasteiger charge is 2.40. The number of nitrogens with one attached hydrogen (secondary N) is 1. The Hall–Kier alpha value is -2.86. The number of carbonyl (C=O) groups excluding carboxylic acids is 2. The van der Waals surface area contributed by atoms with Crippen LogP contribution in [0.4, 0.5) is 4.79 Å². The highest BCUT2D eigenvalue weighted by atomic mass is 16.6. The van der Waals surface area contributed by atoms with Crippen LogP contribution in [-0.4, -0.2) is 60.1 Å². The van der Waals surface area contributed by atoms with Gasteiger partial charge in [-0.3, -0.25) is 9.69 Å². The molecule has 1 N–H and O–H groups in total. The first-order chi connectivity index (χ1) is 16.0. The normalized spacial score (nSPS) is 20.5. The van der Waals surface area contributed by atoms with E-state index in [1.54, 1.807) is 0 Å². The molecule has 0 bridgehead atoms. The molecule has 6 heteroatoms. The molecule has 1 unspecified atom stereocenters. The zero-order valence-corrected chi connectivity index (χ0v) is 19.9. The van der Waals surface area contributed by atoms with Gasteiger partial charge in [0, 0.05) is 37.3 Å². The summed E-state index contributed by atoms with van der Waals surface area (Å²) in [5, 5.41) is 3.10. The Kier molecular flexibility index (Phi) is 7.33. The zero-order valence-electron chi connectivity index (χ0n) is 19.9. The monoisotopic (exact) mass is 449 g/mol. The van der Waals surface area contributed by atoms with Crippen LogP contribution in [0, 0.1) is 13.8 Å². The third-order valence-corrected chi connectivity index (χ3v) is 7.17. The average molecular weight is 450 g/mol. The van der Waals surface area contributed by atoms with E-state index in [4.69, 9.17) is 4.74 Å². The second-order valence-electron chi connectivity index (χ2n) is 9.34. The number of benzene rings is 2. The lowest BCUT2D eigenvalue weighted by molar-refractivity contribution is 0.0866. The minimum Gasteiger partial charge on any atom is -0.447 e. The lowest BCUT2D eigenvalue weighted by atomic mass is 9.98. The first kappa shape index (κ1) is 23.3. The van der Waals surface area contributed by atoms with Gasteiger partial charge in [0.25, 0.3) is 5.91 Å². The number of nitrogens with zero attached hydrogens (tertiary/aromatic N) is 2. The Morgan fingerprint density at radius 1 is 1.06 bits per heavy atom. The second kappa shape index (κ2) is 10.4. The van der Waals surface area contributed by atoms with Crippen molar-refractivity contribution in [3.63, 3.8) is 0 Å². The summed E-state index contributed by atoms with van der Waals surface area (Å²) in [4.78, 5) is 29.6. The van der Waals surface area contributed by atoms with E-state index in [2.05, 4.69) is 29.3 Å². The maximum atomic E-state index is 12.6. The van der Waals surface area contributed by atoms with Crippen molar-refractivity contribution in [3.8, 4) is 0 Å². The molecule has 0 spiro atoms. The van der Waals surface area contributed by atoms with Gasteiger partial charge in [-0.05, 0) is 56.7 Å². The van der Waals surface area contributed by atoms with Crippen molar-refractivity contribution in [3.05, 3.63) is 70.8 Å². The van der Waals surface area contributed by atoms with E-state index >= 15 is 0 Å². The van der Waals surface area contributed by atoms with Crippen molar-refractivity contribution >= 4 is 12.0 Å². The van der Waals surface area contributed by atoms with Crippen LogP contribution < -0.4 is 5.32 Å². The number of hydrogen-bond acceptors (Lipinski definition) is 4. The van der Waals surface area contributed by atoms with Crippen molar-refractivity contribution in [2.75, 3.05) is 26.2 Å². The van der Waals surface area contributed by atoms with Crippen LogP contribution in [-0.2, 0) is 4.74 Å². The van der Waals surface area contributed by atoms with E-state index < -0.39 is 0 Å². The van der Waals surface area contributed by atoms with Crippen LogP contribution in [0.5, 0.6) is 0 Å². The van der Waals surface area contributed by atoms with E-state index in [1.807, 2.05) is 55.1 Å². The maximum absolute atomic E-state index is 12.6. The molecule has 0 radical (unpaired) electrons. The largest absolute Gasteiger partial charge is 0.447 e. The molecule has 2 fully saturated rings. The third-order valence-electron chi connectivity index (χ3n) is 7.17. The number of piperidine rings is 1. The van der Waals surface area contributed by atoms with Crippen molar-refractivity contribution in [1.29, 1.82) is 0 Å². The van der Waals surface area contributed by atoms with Gasteiger partial charge >= 0.3 is 6.09 Å². The van der Waals surface area contributed by atoms with E-state index in [-0.39, 0.29) is 24.1 Å². The van der Waals surface area contributed by atoms with Gasteiger partial charge in [0.15, 0.2) is 0 Å². The van der Waals surface area contributed by atoms with Gasteiger partial charge in [0.1, 0.15) is 6.61 Å². The topological polar surface area (TPSA) is 61.9 Å². The van der Waals surface area contributed by atoms with Gasteiger partial charge in [0.2, 0.25) is 0 Å². The van der Waals surface area contributed by atoms with Gasteiger partial charge in [-0.1, -0.05) is 48.5 Å². The predicted molar refractivity (Wildman–Crippen MR) is 129 cm³/mol. The van der Waals surface area contributed by atoms with Crippen molar-refractivity contribution < 1.29 is 14.3 Å². The minimum atomic E-state index is -0.190. The smallest absolute Gasteiger partial charge is 0.410 e. The van der Waals surface area contributed by atoms with Gasteiger partial charge < -0.3 is 15.0 Å². The number of carbonyl (C=O) groups is 2. The summed E-state index contributed by atoms with van der Waals surface area (Å²) in [6.07, 6.45) is 2.60. The van der Waals surface area contributed by atoms with Crippen molar-refractivity contribution in [2.24, 2.45) is 0 Å². The number of amides is 2. The highest BCUT2D eigenvalue weighted by molar-refractivity contribution is 5.97. The van der Waals surface area contributed by atoms with Gasteiger partial charge in [0.05, 0.1) is 6.04 Å². The Morgan fingerprint density at radius 3 is 2.39 bits per heavy atom. The molecule has 2 atom stereocenters. The third kappa shape index (κ3) is 5.22. The number of likely N-dealkylation sites (tertiary alicyclic amines) is 1. The quantitative estimate of drug-likeness (QED) is 0.678. The highest BCUT2D eigenvalue weighted by Crippen LogP contribution is 2.33. The Morgan fingerprint density at radius 2 is 1.73 bits per heavy atom. The number of ether oxygens (including phenoxy) is 1. The number of hydrogen-bond donors (Lipinski definition) is 1. The molecule has 176 valence electrons. The fourth-order valence-electron chi connectivity index (χ4n) is 5.21.